The predicted molar refractivity (Wildman–Crippen MR) is 120 cm³/mol. The van der Waals surface area contributed by atoms with Gasteiger partial charge in [0.2, 0.25) is 5.91 Å². The molecule has 0 aromatic heterocycles. The van der Waals surface area contributed by atoms with E-state index in [1.54, 1.807) is 12.1 Å². The van der Waals surface area contributed by atoms with E-state index in [0.29, 0.717) is 5.69 Å². The van der Waals surface area contributed by atoms with Crippen molar-refractivity contribution in [3.05, 3.63) is 103 Å². The number of halogens is 2. The number of hydrogen-bond donors (Lipinski definition) is 1. The zero-order valence-electron chi connectivity index (χ0n) is 15.9. The van der Waals surface area contributed by atoms with Crippen molar-refractivity contribution in [1.82, 2.24) is 4.90 Å². The number of nitrogens with zero attached hydrogens (tertiary/aromatic N) is 2. The van der Waals surface area contributed by atoms with Crippen molar-refractivity contribution >= 4 is 50.7 Å². The lowest BCUT2D eigenvalue weighted by atomic mass is 9.95. The van der Waals surface area contributed by atoms with Gasteiger partial charge in [0.05, 0.1) is 11.0 Å². The lowest BCUT2D eigenvalue weighted by Crippen LogP contribution is -2.39. The molecule has 0 saturated heterocycles. The summed E-state index contributed by atoms with van der Waals surface area (Å²) in [6, 6.07) is 18.0. The highest BCUT2D eigenvalue weighted by atomic mass is 79.9. The van der Waals surface area contributed by atoms with Crippen LogP contribution in [0.25, 0.3) is 0 Å². The van der Waals surface area contributed by atoms with Crippen molar-refractivity contribution in [2.75, 3.05) is 11.9 Å². The lowest BCUT2D eigenvalue weighted by molar-refractivity contribution is -0.384. The third-order valence-corrected chi connectivity index (χ3v) is 5.79. The van der Waals surface area contributed by atoms with E-state index in [0.717, 1.165) is 21.7 Å². The first kappa shape index (κ1) is 21.0. The van der Waals surface area contributed by atoms with Gasteiger partial charge in [0.1, 0.15) is 11.6 Å². The molecule has 1 aliphatic rings. The molecule has 3 aromatic carbocycles. The number of nitro groups is 1. The smallest absolute Gasteiger partial charge is 0.288 e. The van der Waals surface area contributed by atoms with Crippen molar-refractivity contribution in [2.24, 2.45) is 0 Å². The maximum absolute atomic E-state index is 13.5. The Labute approximate surface area is 190 Å². The van der Waals surface area contributed by atoms with Gasteiger partial charge >= 0.3 is 0 Å². The number of nitro benzene ring substituents is 1. The van der Waals surface area contributed by atoms with Crippen molar-refractivity contribution in [3.63, 3.8) is 0 Å². The van der Waals surface area contributed by atoms with E-state index < -0.39 is 16.9 Å². The van der Waals surface area contributed by atoms with Gasteiger partial charge in [0.15, 0.2) is 0 Å². The lowest BCUT2D eigenvalue weighted by Gasteiger charge is -2.30. The van der Waals surface area contributed by atoms with E-state index >= 15 is 0 Å². The number of carbonyl (C=O) groups is 2. The number of carbonyl (C=O) groups excluding carboxylic acids is 2. The van der Waals surface area contributed by atoms with Crippen molar-refractivity contribution < 1.29 is 14.5 Å². The second-order valence-corrected chi connectivity index (χ2v) is 8.27. The third kappa shape index (κ3) is 4.17. The number of rotatable bonds is 3. The number of benzene rings is 3. The number of fused-ring (bicyclic) bond motifs is 1. The van der Waals surface area contributed by atoms with Gasteiger partial charge in [-0.05, 0) is 35.9 Å². The molecule has 0 aliphatic carbocycles. The van der Waals surface area contributed by atoms with Gasteiger partial charge in [-0.1, -0.05) is 57.9 Å². The van der Waals surface area contributed by atoms with E-state index in [2.05, 4.69) is 21.2 Å². The number of amides is 2. The first-order valence-electron chi connectivity index (χ1n) is 9.24. The van der Waals surface area contributed by atoms with Gasteiger partial charge in [0, 0.05) is 27.4 Å². The minimum absolute atomic E-state index is 0.0657. The van der Waals surface area contributed by atoms with E-state index in [1.165, 1.54) is 17.0 Å². The summed E-state index contributed by atoms with van der Waals surface area (Å²) in [6.07, 6.45) is 0. The molecule has 3 aromatic rings. The highest BCUT2D eigenvalue weighted by Crippen LogP contribution is 2.38. The number of hydrogen-bond acceptors (Lipinski definition) is 4. The Bertz CT molecular complexity index is 1200. The molecule has 4 rings (SSSR count). The molecule has 1 aliphatic heterocycles. The Balaban J connectivity index is 1.88. The molecule has 1 N–H and O–H groups in total. The molecular formula is C22H15BrClN3O4. The van der Waals surface area contributed by atoms with Gasteiger partial charge in [0.25, 0.3) is 11.6 Å². The normalized spacial score (nSPS) is 15.6. The van der Waals surface area contributed by atoms with Crippen LogP contribution in [0.15, 0.2) is 71.2 Å². The van der Waals surface area contributed by atoms with Gasteiger partial charge in [-0.25, -0.2) is 0 Å². The molecule has 9 heteroatoms. The summed E-state index contributed by atoms with van der Waals surface area (Å²) in [6.45, 7) is -0.221. The van der Waals surface area contributed by atoms with Crippen LogP contribution in [0.1, 0.15) is 27.5 Å². The SMILES string of the molecule is O=C1CN(C(=O)c2ccc(Cl)c([N+](=O)[O-])c2)C(c2ccccc2)c2cc(Br)ccc2N1. The Kier molecular flexibility index (Phi) is 5.75. The summed E-state index contributed by atoms with van der Waals surface area (Å²) >= 11 is 9.36. The largest absolute Gasteiger partial charge is 0.324 e. The molecular weight excluding hydrogens is 486 g/mol. The molecule has 0 radical (unpaired) electrons. The summed E-state index contributed by atoms with van der Waals surface area (Å²) in [5.74, 6) is -0.879. The van der Waals surface area contributed by atoms with Crippen LogP contribution >= 0.6 is 27.5 Å². The molecule has 1 unspecified atom stereocenters. The third-order valence-electron chi connectivity index (χ3n) is 4.97. The molecule has 156 valence electrons. The number of anilines is 1. The molecule has 1 heterocycles. The van der Waals surface area contributed by atoms with Crippen molar-refractivity contribution in [3.8, 4) is 0 Å². The molecule has 0 spiro atoms. The average molecular weight is 501 g/mol. The van der Waals surface area contributed by atoms with Crippen LogP contribution < -0.4 is 5.32 Å². The Morgan fingerprint density at radius 1 is 1.13 bits per heavy atom. The Morgan fingerprint density at radius 3 is 2.58 bits per heavy atom. The topological polar surface area (TPSA) is 92.5 Å². The summed E-state index contributed by atoms with van der Waals surface area (Å²) in [5.41, 5.74) is 1.83. The van der Waals surface area contributed by atoms with Crippen LogP contribution in [-0.2, 0) is 4.79 Å². The van der Waals surface area contributed by atoms with Gasteiger partial charge in [-0.3, -0.25) is 19.7 Å². The summed E-state index contributed by atoms with van der Waals surface area (Å²) in [4.78, 5) is 38.2. The van der Waals surface area contributed by atoms with Crippen LogP contribution in [-0.4, -0.2) is 28.2 Å². The highest BCUT2D eigenvalue weighted by molar-refractivity contribution is 9.10. The Morgan fingerprint density at radius 2 is 1.87 bits per heavy atom. The van der Waals surface area contributed by atoms with E-state index in [9.17, 15) is 19.7 Å². The van der Waals surface area contributed by atoms with Gasteiger partial charge in [-0.15, -0.1) is 0 Å². The first-order chi connectivity index (χ1) is 14.8. The zero-order valence-corrected chi connectivity index (χ0v) is 18.3. The van der Waals surface area contributed by atoms with E-state index in [4.69, 9.17) is 11.6 Å². The quantitative estimate of drug-likeness (QED) is 0.395. The van der Waals surface area contributed by atoms with Crippen LogP contribution in [0.4, 0.5) is 11.4 Å². The first-order valence-corrected chi connectivity index (χ1v) is 10.4. The second kappa shape index (κ2) is 8.49. The maximum atomic E-state index is 13.5. The molecule has 0 fully saturated rings. The molecule has 0 saturated carbocycles. The van der Waals surface area contributed by atoms with Crippen molar-refractivity contribution in [2.45, 2.75) is 6.04 Å². The van der Waals surface area contributed by atoms with E-state index in [1.807, 2.05) is 36.4 Å². The van der Waals surface area contributed by atoms with E-state index in [-0.39, 0.29) is 28.7 Å². The van der Waals surface area contributed by atoms with Gasteiger partial charge < -0.3 is 10.2 Å². The van der Waals surface area contributed by atoms with Gasteiger partial charge in [-0.2, -0.15) is 0 Å². The van der Waals surface area contributed by atoms with Crippen LogP contribution in [0.3, 0.4) is 0 Å². The fraction of sp³-hybridized carbons (Fsp3) is 0.0909. The molecule has 2 amide bonds. The predicted octanol–water partition coefficient (Wildman–Crippen LogP) is 5.19. The fourth-order valence-corrected chi connectivity index (χ4v) is 4.18. The minimum atomic E-state index is -0.644. The average Bonchev–Trinajstić information content (AvgIpc) is 2.89. The minimum Gasteiger partial charge on any atom is -0.324 e. The monoisotopic (exact) mass is 499 g/mol. The number of nitrogens with one attached hydrogen (secondary N) is 1. The summed E-state index contributed by atoms with van der Waals surface area (Å²) < 4.78 is 0.790. The molecule has 1 atom stereocenters. The summed E-state index contributed by atoms with van der Waals surface area (Å²) in [5, 5.41) is 14.1. The van der Waals surface area contributed by atoms with Crippen molar-refractivity contribution in [1.29, 1.82) is 0 Å². The van der Waals surface area contributed by atoms with Crippen LogP contribution in [0, 0.1) is 10.1 Å². The Hall–Kier alpha value is -3.23. The standard InChI is InChI=1S/C22H15BrClN3O4/c23-15-7-9-18-16(11-15)21(13-4-2-1-3-5-13)26(12-20(28)25-18)22(29)14-6-8-17(24)19(10-14)27(30)31/h1-11,21H,12H2,(H,25,28). The molecule has 31 heavy (non-hydrogen) atoms. The molecule has 0 bridgehead atoms. The second-order valence-electron chi connectivity index (χ2n) is 6.95. The zero-order chi connectivity index (χ0) is 22.1. The summed E-state index contributed by atoms with van der Waals surface area (Å²) in [7, 11) is 0. The van der Waals surface area contributed by atoms with Crippen LogP contribution in [0.2, 0.25) is 5.02 Å². The fourth-order valence-electron chi connectivity index (χ4n) is 3.61. The molecule has 7 nitrogen and oxygen atoms in total. The maximum Gasteiger partial charge on any atom is 0.288 e. The van der Waals surface area contributed by atoms with Crippen LogP contribution in [0.5, 0.6) is 0 Å². The highest BCUT2D eigenvalue weighted by Gasteiger charge is 2.34.